The Balaban J connectivity index is 2.08. The van der Waals surface area contributed by atoms with E-state index in [0.717, 1.165) is 4.90 Å². The second kappa shape index (κ2) is 6.61. The van der Waals surface area contributed by atoms with E-state index in [1.54, 1.807) is 12.1 Å². The number of phenols is 1. The Bertz CT molecular complexity index is 756. The first kappa shape index (κ1) is 16.0. The third-order valence-corrected chi connectivity index (χ3v) is 3.17. The molecule has 0 saturated carbocycles. The number of hydrogen-bond donors (Lipinski definition) is 3. The van der Waals surface area contributed by atoms with Crippen LogP contribution in [0.15, 0.2) is 48.5 Å². The molecule has 7 heteroatoms. The van der Waals surface area contributed by atoms with E-state index in [0.29, 0.717) is 5.69 Å². The summed E-state index contributed by atoms with van der Waals surface area (Å²) in [5.74, 6) is -2.71. The summed E-state index contributed by atoms with van der Waals surface area (Å²) in [6.45, 7) is 0. The Morgan fingerprint density at radius 2 is 1.65 bits per heavy atom. The summed E-state index contributed by atoms with van der Waals surface area (Å²) in [4.78, 5) is 37.0. The molecule has 0 aliphatic heterocycles. The number of nitrogen functional groups attached to an aromatic ring is 1. The molecule has 0 unspecified atom stereocenters. The third-order valence-electron chi connectivity index (χ3n) is 3.17. The maximum atomic E-state index is 12.0. The molecule has 0 fully saturated rings. The van der Waals surface area contributed by atoms with Crippen LogP contribution in [0, 0.1) is 0 Å². The average Bonchev–Trinajstić information content (AvgIpc) is 2.54. The van der Waals surface area contributed by atoms with Crippen LogP contribution in [-0.2, 0) is 9.59 Å². The first-order chi connectivity index (χ1) is 10.9. The predicted molar refractivity (Wildman–Crippen MR) is 84.8 cm³/mol. The minimum absolute atomic E-state index is 0.0359. The summed E-state index contributed by atoms with van der Waals surface area (Å²) in [5.41, 5.74) is 6.36. The highest BCUT2D eigenvalue weighted by Gasteiger charge is 2.23. The van der Waals surface area contributed by atoms with Crippen LogP contribution in [0.25, 0.3) is 0 Å². The second-order valence-electron chi connectivity index (χ2n) is 4.75. The Labute approximate surface area is 132 Å². The largest absolute Gasteiger partial charge is 0.508 e. The number of nitrogens with two attached hydrogens (primary N) is 1. The standard InChI is InChI=1S/C16H15N3O4/c1-19(10-6-8-11(20)9-7-10)16(23)15(22)18-14(21)12-4-2-3-5-13(12)17/h2-9,20H,17H2,1H3,(H,18,21,22). The number of nitrogens with zero attached hydrogens (tertiary/aromatic N) is 1. The zero-order valence-corrected chi connectivity index (χ0v) is 12.3. The maximum absolute atomic E-state index is 12.0. The number of nitrogens with one attached hydrogen (secondary N) is 1. The highest BCUT2D eigenvalue weighted by atomic mass is 16.3. The van der Waals surface area contributed by atoms with Gasteiger partial charge in [0.25, 0.3) is 5.91 Å². The number of benzene rings is 2. The van der Waals surface area contributed by atoms with Crippen LogP contribution < -0.4 is 16.0 Å². The number of amides is 3. The van der Waals surface area contributed by atoms with Gasteiger partial charge in [-0.15, -0.1) is 0 Å². The van der Waals surface area contributed by atoms with Crippen molar-refractivity contribution in [2.24, 2.45) is 0 Å². The lowest BCUT2D eigenvalue weighted by Gasteiger charge is -2.16. The summed E-state index contributed by atoms with van der Waals surface area (Å²) in [7, 11) is 1.38. The molecule has 0 bridgehead atoms. The number of carbonyl (C=O) groups excluding carboxylic acids is 3. The Morgan fingerprint density at radius 1 is 1.04 bits per heavy atom. The Kier molecular flexibility index (Phi) is 4.61. The van der Waals surface area contributed by atoms with Crippen molar-refractivity contribution in [3.05, 3.63) is 54.1 Å². The molecule has 0 aliphatic carbocycles. The van der Waals surface area contributed by atoms with E-state index in [-0.39, 0.29) is 17.0 Å². The molecule has 0 spiro atoms. The van der Waals surface area contributed by atoms with Gasteiger partial charge in [0.2, 0.25) is 0 Å². The van der Waals surface area contributed by atoms with Gasteiger partial charge in [-0.3, -0.25) is 19.7 Å². The van der Waals surface area contributed by atoms with Crippen molar-refractivity contribution >= 4 is 29.1 Å². The van der Waals surface area contributed by atoms with E-state index in [1.807, 2.05) is 5.32 Å². The molecule has 2 aromatic carbocycles. The summed E-state index contributed by atoms with van der Waals surface area (Å²) in [5, 5.41) is 11.2. The van der Waals surface area contributed by atoms with E-state index in [2.05, 4.69) is 0 Å². The van der Waals surface area contributed by atoms with Crippen LogP contribution in [0.3, 0.4) is 0 Å². The van der Waals surface area contributed by atoms with Crippen molar-refractivity contribution < 1.29 is 19.5 Å². The second-order valence-corrected chi connectivity index (χ2v) is 4.75. The molecule has 0 aliphatic rings. The normalized spacial score (nSPS) is 9.96. The van der Waals surface area contributed by atoms with Gasteiger partial charge in [0.1, 0.15) is 5.75 Å². The van der Waals surface area contributed by atoms with Crippen molar-refractivity contribution in [1.82, 2.24) is 5.32 Å². The molecule has 2 aromatic rings. The van der Waals surface area contributed by atoms with Gasteiger partial charge in [0.15, 0.2) is 0 Å². The molecular formula is C16H15N3O4. The lowest BCUT2D eigenvalue weighted by atomic mass is 10.1. The smallest absolute Gasteiger partial charge is 0.316 e. The van der Waals surface area contributed by atoms with Gasteiger partial charge in [-0.25, -0.2) is 0 Å². The summed E-state index contributed by atoms with van der Waals surface area (Å²) in [6.07, 6.45) is 0. The third kappa shape index (κ3) is 3.65. The molecule has 118 valence electrons. The summed E-state index contributed by atoms with van der Waals surface area (Å²) < 4.78 is 0. The average molecular weight is 313 g/mol. The number of aromatic hydroxyl groups is 1. The highest BCUT2D eigenvalue weighted by molar-refractivity contribution is 6.43. The Morgan fingerprint density at radius 3 is 2.26 bits per heavy atom. The maximum Gasteiger partial charge on any atom is 0.316 e. The van der Waals surface area contributed by atoms with Crippen molar-refractivity contribution in [3.8, 4) is 5.75 Å². The number of carbonyl (C=O) groups is 3. The highest BCUT2D eigenvalue weighted by Crippen LogP contribution is 2.17. The first-order valence-corrected chi connectivity index (χ1v) is 6.67. The SMILES string of the molecule is CN(C(=O)C(=O)NC(=O)c1ccccc1N)c1ccc(O)cc1. The Hall–Kier alpha value is -3.35. The fourth-order valence-corrected chi connectivity index (χ4v) is 1.87. The fraction of sp³-hybridized carbons (Fsp3) is 0.0625. The summed E-state index contributed by atoms with van der Waals surface area (Å²) in [6, 6.07) is 11.9. The van der Waals surface area contributed by atoms with Crippen LogP contribution in [0.1, 0.15) is 10.4 Å². The van der Waals surface area contributed by atoms with Crippen molar-refractivity contribution in [2.45, 2.75) is 0 Å². The van der Waals surface area contributed by atoms with Gasteiger partial charge in [-0.05, 0) is 36.4 Å². The van der Waals surface area contributed by atoms with Crippen molar-refractivity contribution in [1.29, 1.82) is 0 Å². The lowest BCUT2D eigenvalue weighted by molar-refractivity contribution is -0.136. The van der Waals surface area contributed by atoms with Crippen LogP contribution in [0.2, 0.25) is 0 Å². The first-order valence-electron chi connectivity index (χ1n) is 6.67. The fourth-order valence-electron chi connectivity index (χ4n) is 1.87. The van der Waals surface area contributed by atoms with Gasteiger partial charge in [-0.1, -0.05) is 12.1 Å². The van der Waals surface area contributed by atoms with Gasteiger partial charge in [-0.2, -0.15) is 0 Å². The van der Waals surface area contributed by atoms with E-state index >= 15 is 0 Å². The number of hydrogen-bond acceptors (Lipinski definition) is 5. The quantitative estimate of drug-likeness (QED) is 0.563. The number of imide groups is 1. The van der Waals surface area contributed by atoms with Crippen LogP contribution in [0.5, 0.6) is 5.75 Å². The van der Waals surface area contributed by atoms with E-state index < -0.39 is 17.7 Å². The molecule has 0 radical (unpaired) electrons. The molecule has 0 heterocycles. The minimum Gasteiger partial charge on any atom is -0.508 e. The lowest BCUT2D eigenvalue weighted by Crippen LogP contribution is -2.43. The predicted octanol–water partition coefficient (Wildman–Crippen LogP) is 0.894. The zero-order valence-electron chi connectivity index (χ0n) is 12.3. The van der Waals surface area contributed by atoms with Crippen LogP contribution >= 0.6 is 0 Å². The number of anilines is 2. The molecule has 0 aromatic heterocycles. The number of phenolic OH excluding ortho intramolecular Hbond substituents is 1. The molecule has 23 heavy (non-hydrogen) atoms. The topological polar surface area (TPSA) is 113 Å². The summed E-state index contributed by atoms with van der Waals surface area (Å²) >= 11 is 0. The molecule has 0 atom stereocenters. The van der Waals surface area contributed by atoms with Gasteiger partial charge < -0.3 is 15.7 Å². The van der Waals surface area contributed by atoms with E-state index in [9.17, 15) is 19.5 Å². The molecule has 3 amide bonds. The molecular weight excluding hydrogens is 298 g/mol. The molecule has 0 saturated heterocycles. The molecule has 2 rings (SSSR count). The van der Waals surface area contributed by atoms with Gasteiger partial charge >= 0.3 is 11.8 Å². The van der Waals surface area contributed by atoms with Crippen LogP contribution in [0.4, 0.5) is 11.4 Å². The minimum atomic E-state index is -1.08. The zero-order chi connectivity index (χ0) is 17.0. The number of rotatable bonds is 2. The number of para-hydroxylation sites is 1. The van der Waals surface area contributed by atoms with E-state index in [4.69, 9.17) is 5.73 Å². The van der Waals surface area contributed by atoms with E-state index in [1.165, 1.54) is 43.4 Å². The van der Waals surface area contributed by atoms with Gasteiger partial charge in [0.05, 0.1) is 5.56 Å². The van der Waals surface area contributed by atoms with Crippen molar-refractivity contribution in [3.63, 3.8) is 0 Å². The van der Waals surface area contributed by atoms with Gasteiger partial charge in [0, 0.05) is 18.4 Å². The van der Waals surface area contributed by atoms with Crippen molar-refractivity contribution in [2.75, 3.05) is 17.7 Å². The van der Waals surface area contributed by atoms with Crippen LogP contribution in [-0.4, -0.2) is 29.9 Å². The molecule has 4 N–H and O–H groups in total. The number of likely N-dealkylation sites (N-methyl/N-ethyl adjacent to an activating group) is 1. The monoisotopic (exact) mass is 313 g/mol. The molecule has 7 nitrogen and oxygen atoms in total.